The van der Waals surface area contributed by atoms with E-state index in [0.29, 0.717) is 15.7 Å². The fraction of sp³-hybridized carbons (Fsp3) is 0.409. The summed E-state index contributed by atoms with van der Waals surface area (Å²) in [5.74, 6) is -0.320. The second-order valence-electron chi connectivity index (χ2n) is 8.38. The number of fused-ring (bicyclic) bond motifs is 2. The van der Waals surface area contributed by atoms with Gasteiger partial charge >= 0.3 is 0 Å². The molecule has 0 radical (unpaired) electrons. The molecule has 9 heteroatoms. The van der Waals surface area contributed by atoms with Crippen molar-refractivity contribution in [2.75, 3.05) is 13.6 Å². The predicted molar refractivity (Wildman–Crippen MR) is 122 cm³/mol. The first-order valence-corrected chi connectivity index (χ1v) is 11.7. The van der Waals surface area contributed by atoms with E-state index in [2.05, 4.69) is 32.5 Å². The van der Waals surface area contributed by atoms with Crippen LogP contribution in [0.3, 0.4) is 0 Å². The number of halogens is 1. The number of nitrogens with zero attached hydrogens (tertiary/aromatic N) is 2. The number of thiazole rings is 1. The van der Waals surface area contributed by atoms with Crippen LogP contribution in [0.5, 0.6) is 0 Å². The summed E-state index contributed by atoms with van der Waals surface area (Å²) in [5.41, 5.74) is 2.40. The number of H-pyrrole nitrogens is 1. The number of hydrogen-bond donors (Lipinski definition) is 3. The summed E-state index contributed by atoms with van der Waals surface area (Å²) >= 11 is 7.52. The van der Waals surface area contributed by atoms with E-state index in [4.69, 9.17) is 11.6 Å². The van der Waals surface area contributed by atoms with Gasteiger partial charge in [-0.1, -0.05) is 11.6 Å². The Morgan fingerprint density at radius 1 is 1.19 bits per heavy atom. The number of carbonyl (C=O) groups excluding carboxylic acids is 2. The van der Waals surface area contributed by atoms with Gasteiger partial charge in [0.05, 0.1) is 5.69 Å². The van der Waals surface area contributed by atoms with E-state index in [1.54, 1.807) is 12.1 Å². The minimum atomic E-state index is -0.175. The summed E-state index contributed by atoms with van der Waals surface area (Å²) in [6.07, 6.45) is 3.51. The third kappa shape index (κ3) is 4.20. The van der Waals surface area contributed by atoms with E-state index >= 15 is 0 Å². The predicted octanol–water partition coefficient (Wildman–Crippen LogP) is 3.35. The Kier molecular flexibility index (Phi) is 5.45. The number of rotatable bonds is 4. The molecule has 3 aromatic rings. The SMILES string of the molecule is CN1CCc2nc(C(=O)N[C@@H]3CCC[C@@H]3NC(=O)c3cc4cc(Cl)ccc4[nH]3)sc2C1. The third-order valence-electron chi connectivity index (χ3n) is 6.09. The number of carbonyl (C=O) groups is 2. The standard InChI is InChI=1S/C22H24ClN5O2S/c1-28-8-7-17-19(11-28)31-22(27-17)21(30)26-16-4-2-3-15(16)25-20(29)18-10-12-9-13(23)5-6-14(12)24-18/h5-6,9-10,15-16,24H,2-4,7-8,11H2,1H3,(H,25,29)(H,26,30)/t15-,16+/m0/s1. The lowest BCUT2D eigenvalue weighted by molar-refractivity contribution is 0.0889. The van der Waals surface area contributed by atoms with Crippen LogP contribution in [0.15, 0.2) is 24.3 Å². The Morgan fingerprint density at radius 2 is 1.97 bits per heavy atom. The molecule has 3 heterocycles. The fourth-order valence-corrected chi connectivity index (χ4v) is 5.70. The second kappa shape index (κ2) is 8.26. The number of aromatic amines is 1. The molecular formula is C22H24ClN5O2S. The smallest absolute Gasteiger partial charge is 0.280 e. The molecule has 1 aliphatic carbocycles. The average molecular weight is 458 g/mol. The highest BCUT2D eigenvalue weighted by atomic mass is 35.5. The molecule has 1 aliphatic heterocycles. The number of likely N-dealkylation sites (N-methyl/N-ethyl adjacent to an activating group) is 1. The Balaban J connectivity index is 1.25. The zero-order valence-electron chi connectivity index (χ0n) is 17.2. The number of amides is 2. The first kappa shape index (κ1) is 20.5. The van der Waals surface area contributed by atoms with Gasteiger partial charge < -0.3 is 20.5 Å². The van der Waals surface area contributed by atoms with Crippen molar-refractivity contribution in [3.05, 3.63) is 50.6 Å². The van der Waals surface area contributed by atoms with E-state index in [0.717, 1.165) is 55.4 Å². The van der Waals surface area contributed by atoms with Gasteiger partial charge in [0.15, 0.2) is 5.01 Å². The van der Waals surface area contributed by atoms with Gasteiger partial charge in [-0.05, 0) is 50.6 Å². The first-order valence-electron chi connectivity index (χ1n) is 10.5. The first-order chi connectivity index (χ1) is 15.0. The molecule has 0 unspecified atom stereocenters. The van der Waals surface area contributed by atoms with Crippen LogP contribution >= 0.6 is 22.9 Å². The number of nitrogens with one attached hydrogen (secondary N) is 3. The lowest BCUT2D eigenvalue weighted by Crippen LogP contribution is -2.48. The van der Waals surface area contributed by atoms with Gasteiger partial charge in [0.25, 0.3) is 11.8 Å². The molecule has 0 spiro atoms. The molecule has 1 fully saturated rings. The van der Waals surface area contributed by atoms with Crippen molar-refractivity contribution in [1.82, 2.24) is 25.5 Å². The minimum Gasteiger partial charge on any atom is -0.351 e. The summed E-state index contributed by atoms with van der Waals surface area (Å²) in [5, 5.41) is 8.25. The molecular weight excluding hydrogens is 434 g/mol. The van der Waals surface area contributed by atoms with Gasteiger partial charge in [-0.3, -0.25) is 9.59 Å². The molecule has 2 aliphatic rings. The topological polar surface area (TPSA) is 90.1 Å². The highest BCUT2D eigenvalue weighted by Gasteiger charge is 2.32. The number of benzene rings is 1. The van der Waals surface area contributed by atoms with Gasteiger partial charge in [0, 0.05) is 52.4 Å². The van der Waals surface area contributed by atoms with Gasteiger partial charge in [-0.15, -0.1) is 11.3 Å². The van der Waals surface area contributed by atoms with Crippen molar-refractivity contribution in [2.45, 2.75) is 44.3 Å². The summed E-state index contributed by atoms with van der Waals surface area (Å²) in [6.45, 7) is 1.81. The zero-order chi connectivity index (χ0) is 21.5. The Morgan fingerprint density at radius 3 is 2.77 bits per heavy atom. The van der Waals surface area contributed by atoms with Crippen LogP contribution in [-0.2, 0) is 13.0 Å². The van der Waals surface area contributed by atoms with E-state index in [1.807, 2.05) is 12.1 Å². The Hall–Kier alpha value is -2.42. The molecule has 1 saturated carbocycles. The van der Waals surface area contributed by atoms with Crippen LogP contribution in [0.25, 0.3) is 10.9 Å². The van der Waals surface area contributed by atoms with Gasteiger partial charge in [-0.2, -0.15) is 0 Å². The molecule has 2 amide bonds. The molecule has 162 valence electrons. The molecule has 0 bridgehead atoms. The molecule has 7 nitrogen and oxygen atoms in total. The van der Waals surface area contributed by atoms with Crippen molar-refractivity contribution >= 4 is 45.7 Å². The summed E-state index contributed by atoms with van der Waals surface area (Å²) < 4.78 is 0. The third-order valence-corrected chi connectivity index (χ3v) is 7.41. The van der Waals surface area contributed by atoms with E-state index in [-0.39, 0.29) is 23.9 Å². The van der Waals surface area contributed by atoms with Crippen LogP contribution in [0.2, 0.25) is 5.02 Å². The maximum Gasteiger partial charge on any atom is 0.280 e. The van der Waals surface area contributed by atoms with Gasteiger partial charge in [-0.25, -0.2) is 4.98 Å². The molecule has 31 heavy (non-hydrogen) atoms. The highest BCUT2D eigenvalue weighted by molar-refractivity contribution is 7.13. The zero-order valence-corrected chi connectivity index (χ0v) is 18.8. The van der Waals surface area contributed by atoms with Crippen LogP contribution in [0, 0.1) is 0 Å². The minimum absolute atomic E-state index is 0.0983. The molecule has 1 aromatic carbocycles. The van der Waals surface area contributed by atoms with Gasteiger partial charge in [0.2, 0.25) is 0 Å². The highest BCUT2D eigenvalue weighted by Crippen LogP contribution is 2.26. The van der Waals surface area contributed by atoms with E-state index < -0.39 is 0 Å². The van der Waals surface area contributed by atoms with E-state index in [1.165, 1.54) is 16.2 Å². The van der Waals surface area contributed by atoms with Crippen LogP contribution in [0.1, 0.15) is 50.1 Å². The lowest BCUT2D eigenvalue weighted by Gasteiger charge is -2.21. The Bertz CT molecular complexity index is 1160. The largest absolute Gasteiger partial charge is 0.351 e. The summed E-state index contributed by atoms with van der Waals surface area (Å²) in [4.78, 5) is 36.8. The monoisotopic (exact) mass is 457 g/mol. The maximum absolute atomic E-state index is 12.8. The fourth-order valence-electron chi connectivity index (χ4n) is 4.43. The van der Waals surface area contributed by atoms with Crippen LogP contribution < -0.4 is 10.6 Å². The molecule has 3 N–H and O–H groups in total. The van der Waals surface area contributed by atoms with Crippen molar-refractivity contribution in [2.24, 2.45) is 0 Å². The molecule has 0 saturated heterocycles. The van der Waals surface area contributed by atoms with Gasteiger partial charge in [0.1, 0.15) is 5.69 Å². The summed E-state index contributed by atoms with van der Waals surface area (Å²) in [7, 11) is 2.08. The number of aromatic nitrogens is 2. The lowest BCUT2D eigenvalue weighted by atomic mass is 10.1. The molecule has 5 rings (SSSR count). The van der Waals surface area contributed by atoms with Crippen LogP contribution in [0.4, 0.5) is 0 Å². The number of hydrogen-bond acceptors (Lipinski definition) is 5. The molecule has 2 aromatic heterocycles. The van der Waals surface area contributed by atoms with Crippen LogP contribution in [-0.4, -0.2) is 52.4 Å². The summed E-state index contributed by atoms with van der Waals surface area (Å²) in [6, 6.07) is 7.08. The maximum atomic E-state index is 12.8. The average Bonchev–Trinajstić information content (AvgIpc) is 3.45. The van der Waals surface area contributed by atoms with E-state index in [9.17, 15) is 9.59 Å². The van der Waals surface area contributed by atoms with Crippen molar-refractivity contribution in [3.8, 4) is 0 Å². The molecule has 2 atom stereocenters. The Labute approximate surface area is 189 Å². The van der Waals surface area contributed by atoms with Crippen molar-refractivity contribution < 1.29 is 9.59 Å². The normalized spacial score (nSPS) is 21.2. The second-order valence-corrected chi connectivity index (χ2v) is 9.90. The van der Waals surface area contributed by atoms with Crippen molar-refractivity contribution in [3.63, 3.8) is 0 Å². The quantitative estimate of drug-likeness (QED) is 0.560. The van der Waals surface area contributed by atoms with Crippen molar-refractivity contribution in [1.29, 1.82) is 0 Å².